The summed E-state index contributed by atoms with van der Waals surface area (Å²) in [6.45, 7) is 3.37. The van der Waals surface area contributed by atoms with Gasteiger partial charge in [-0.25, -0.2) is 9.59 Å². The number of amides is 2. The van der Waals surface area contributed by atoms with Gasteiger partial charge in [0, 0.05) is 46.0 Å². The Morgan fingerprint density at radius 2 is 1.54 bits per heavy atom. The Morgan fingerprint density at radius 3 is 2.08 bits per heavy atom. The molecule has 0 bridgehead atoms. The number of benzene rings is 1. The number of hydrogen-bond donors (Lipinski definition) is 0. The van der Waals surface area contributed by atoms with Crippen LogP contribution in [0.25, 0.3) is 0 Å². The van der Waals surface area contributed by atoms with E-state index in [9.17, 15) is 14.4 Å². The van der Waals surface area contributed by atoms with Crippen LogP contribution >= 0.6 is 0 Å². The number of rotatable bonds is 5. The van der Waals surface area contributed by atoms with Gasteiger partial charge in [0.05, 0.1) is 12.2 Å². The first-order valence-electron chi connectivity index (χ1n) is 8.56. The molecule has 0 spiro atoms. The van der Waals surface area contributed by atoms with Crippen LogP contribution in [0.5, 0.6) is 0 Å². The predicted molar refractivity (Wildman–Crippen MR) is 96.2 cm³/mol. The molecule has 1 aromatic carbocycles. The first-order valence-corrected chi connectivity index (χ1v) is 8.56. The Labute approximate surface area is 153 Å². The van der Waals surface area contributed by atoms with Gasteiger partial charge < -0.3 is 24.2 Å². The number of anilines is 1. The van der Waals surface area contributed by atoms with E-state index in [0.29, 0.717) is 38.3 Å². The Morgan fingerprint density at radius 1 is 0.962 bits per heavy atom. The maximum Gasteiger partial charge on any atom is 0.409 e. The smallest absolute Gasteiger partial charge is 0.409 e. The van der Waals surface area contributed by atoms with Gasteiger partial charge in [-0.2, -0.15) is 0 Å². The minimum Gasteiger partial charge on any atom is -0.452 e. The number of esters is 1. The molecule has 1 fully saturated rings. The van der Waals surface area contributed by atoms with E-state index in [1.807, 2.05) is 31.1 Å². The first-order chi connectivity index (χ1) is 12.4. The molecule has 2 amide bonds. The third-order valence-electron chi connectivity index (χ3n) is 4.10. The summed E-state index contributed by atoms with van der Waals surface area (Å²) >= 11 is 0. The molecule has 142 valence electrons. The predicted octanol–water partition coefficient (Wildman–Crippen LogP) is 1.21. The average molecular weight is 363 g/mol. The fraction of sp³-hybridized carbons (Fsp3) is 0.500. The van der Waals surface area contributed by atoms with Gasteiger partial charge in [-0.3, -0.25) is 4.79 Å². The van der Waals surface area contributed by atoms with Gasteiger partial charge in [0.15, 0.2) is 6.61 Å². The van der Waals surface area contributed by atoms with Crippen molar-refractivity contribution < 1.29 is 23.9 Å². The Kier molecular flexibility index (Phi) is 6.82. The van der Waals surface area contributed by atoms with Crippen LogP contribution in [-0.2, 0) is 14.3 Å². The summed E-state index contributed by atoms with van der Waals surface area (Å²) in [6.07, 6.45) is -0.368. The second kappa shape index (κ2) is 9.07. The topological polar surface area (TPSA) is 79.4 Å². The molecule has 0 unspecified atom stereocenters. The van der Waals surface area contributed by atoms with Crippen molar-refractivity contribution in [1.29, 1.82) is 0 Å². The van der Waals surface area contributed by atoms with Gasteiger partial charge >= 0.3 is 12.1 Å². The van der Waals surface area contributed by atoms with E-state index in [-0.39, 0.29) is 18.6 Å². The molecule has 0 aromatic heterocycles. The van der Waals surface area contributed by atoms with E-state index in [4.69, 9.17) is 9.47 Å². The highest BCUT2D eigenvalue weighted by atomic mass is 16.6. The highest BCUT2D eigenvalue weighted by Crippen LogP contribution is 2.13. The Balaban J connectivity index is 1.78. The van der Waals surface area contributed by atoms with E-state index < -0.39 is 5.97 Å². The zero-order chi connectivity index (χ0) is 19.1. The van der Waals surface area contributed by atoms with Crippen molar-refractivity contribution in [2.45, 2.75) is 6.92 Å². The maximum absolute atomic E-state index is 12.2. The van der Waals surface area contributed by atoms with E-state index >= 15 is 0 Å². The third-order valence-corrected chi connectivity index (χ3v) is 4.10. The number of carbonyl (C=O) groups is 3. The average Bonchev–Trinajstić information content (AvgIpc) is 2.66. The molecule has 1 saturated heterocycles. The van der Waals surface area contributed by atoms with Crippen LogP contribution in [0.2, 0.25) is 0 Å². The summed E-state index contributed by atoms with van der Waals surface area (Å²) in [6, 6.07) is 6.96. The number of piperazine rings is 1. The monoisotopic (exact) mass is 363 g/mol. The molecular formula is C18H25N3O5. The lowest BCUT2D eigenvalue weighted by atomic mass is 10.2. The molecule has 8 nitrogen and oxygen atoms in total. The summed E-state index contributed by atoms with van der Waals surface area (Å²) in [4.78, 5) is 40.9. The summed E-state index contributed by atoms with van der Waals surface area (Å²) in [5.41, 5.74) is 1.37. The van der Waals surface area contributed by atoms with Crippen molar-refractivity contribution in [1.82, 2.24) is 9.80 Å². The second-order valence-corrected chi connectivity index (χ2v) is 6.08. The molecule has 0 radical (unpaired) electrons. The standard InChI is InChI=1S/C18H25N3O5/c1-4-25-18(24)21-11-9-20(10-12-21)16(22)13-26-17(23)14-5-7-15(8-6-14)19(2)3/h5-8H,4,9-13H2,1-3H3. The molecule has 0 N–H and O–H groups in total. The van der Waals surface area contributed by atoms with Crippen LogP contribution in [0.15, 0.2) is 24.3 Å². The number of ether oxygens (including phenoxy) is 2. The lowest BCUT2D eigenvalue weighted by Gasteiger charge is -2.33. The molecule has 0 atom stereocenters. The molecule has 1 aliphatic heterocycles. The molecule has 0 aliphatic carbocycles. The number of nitrogens with zero attached hydrogens (tertiary/aromatic N) is 3. The molecule has 1 aromatic rings. The van der Waals surface area contributed by atoms with Crippen LogP contribution in [0.3, 0.4) is 0 Å². The van der Waals surface area contributed by atoms with Crippen LogP contribution in [0, 0.1) is 0 Å². The SMILES string of the molecule is CCOC(=O)N1CCN(C(=O)COC(=O)c2ccc(N(C)C)cc2)CC1. The van der Waals surface area contributed by atoms with Crippen molar-refractivity contribution in [3.8, 4) is 0 Å². The van der Waals surface area contributed by atoms with Gasteiger partial charge in [0.1, 0.15) is 0 Å². The number of carbonyl (C=O) groups excluding carboxylic acids is 3. The molecule has 26 heavy (non-hydrogen) atoms. The maximum atomic E-state index is 12.2. The fourth-order valence-electron chi connectivity index (χ4n) is 2.55. The fourth-order valence-corrected chi connectivity index (χ4v) is 2.55. The van der Waals surface area contributed by atoms with Crippen molar-refractivity contribution in [2.24, 2.45) is 0 Å². The second-order valence-electron chi connectivity index (χ2n) is 6.08. The van der Waals surface area contributed by atoms with Gasteiger partial charge in [-0.1, -0.05) is 0 Å². The molecule has 1 heterocycles. The van der Waals surface area contributed by atoms with Crippen LogP contribution in [-0.4, -0.2) is 81.3 Å². The van der Waals surface area contributed by atoms with E-state index in [2.05, 4.69) is 0 Å². The summed E-state index contributed by atoms with van der Waals surface area (Å²) in [5, 5.41) is 0. The van der Waals surface area contributed by atoms with Gasteiger partial charge in [0.2, 0.25) is 0 Å². The van der Waals surface area contributed by atoms with Crippen molar-refractivity contribution in [3.63, 3.8) is 0 Å². The lowest BCUT2D eigenvalue weighted by Crippen LogP contribution is -2.51. The summed E-state index contributed by atoms with van der Waals surface area (Å²) in [5.74, 6) is -0.805. The zero-order valence-corrected chi connectivity index (χ0v) is 15.4. The first kappa shape index (κ1) is 19.6. The van der Waals surface area contributed by atoms with E-state index in [1.165, 1.54) is 0 Å². The Hall–Kier alpha value is -2.77. The minimum atomic E-state index is -0.534. The highest BCUT2D eigenvalue weighted by molar-refractivity contribution is 5.91. The van der Waals surface area contributed by atoms with Gasteiger partial charge in [0.25, 0.3) is 5.91 Å². The van der Waals surface area contributed by atoms with E-state index in [1.54, 1.807) is 28.9 Å². The zero-order valence-electron chi connectivity index (χ0n) is 15.4. The summed E-state index contributed by atoms with van der Waals surface area (Å²) in [7, 11) is 3.82. The lowest BCUT2D eigenvalue weighted by molar-refractivity contribution is -0.136. The van der Waals surface area contributed by atoms with Crippen LogP contribution < -0.4 is 4.90 Å². The molecular weight excluding hydrogens is 338 g/mol. The van der Waals surface area contributed by atoms with Crippen molar-refractivity contribution in [3.05, 3.63) is 29.8 Å². The third kappa shape index (κ3) is 5.11. The molecule has 8 heteroatoms. The highest BCUT2D eigenvalue weighted by Gasteiger charge is 2.25. The van der Waals surface area contributed by atoms with Crippen molar-refractivity contribution >= 4 is 23.7 Å². The van der Waals surface area contributed by atoms with Crippen LogP contribution in [0.1, 0.15) is 17.3 Å². The minimum absolute atomic E-state index is 0.272. The van der Waals surface area contributed by atoms with Crippen LogP contribution in [0.4, 0.5) is 10.5 Å². The largest absolute Gasteiger partial charge is 0.452 e. The summed E-state index contributed by atoms with van der Waals surface area (Å²) < 4.78 is 10.0. The van der Waals surface area contributed by atoms with Crippen molar-refractivity contribution in [2.75, 3.05) is 58.4 Å². The number of hydrogen-bond acceptors (Lipinski definition) is 6. The Bertz CT molecular complexity index is 637. The molecule has 1 aliphatic rings. The normalized spacial score (nSPS) is 14.0. The van der Waals surface area contributed by atoms with E-state index in [0.717, 1.165) is 5.69 Å². The van der Waals surface area contributed by atoms with Gasteiger partial charge in [-0.05, 0) is 31.2 Å². The quantitative estimate of drug-likeness (QED) is 0.732. The molecule has 2 rings (SSSR count). The van der Waals surface area contributed by atoms with Gasteiger partial charge in [-0.15, -0.1) is 0 Å². The molecule has 0 saturated carbocycles.